The van der Waals surface area contributed by atoms with E-state index in [1.165, 1.54) is 11.9 Å². The van der Waals surface area contributed by atoms with Crippen LogP contribution < -0.4 is 4.90 Å². The number of rotatable bonds is 6. The van der Waals surface area contributed by atoms with Crippen LogP contribution in [0.25, 0.3) is 0 Å². The summed E-state index contributed by atoms with van der Waals surface area (Å²) in [7, 11) is -1.65. The lowest BCUT2D eigenvalue weighted by Crippen LogP contribution is -2.26. The van der Waals surface area contributed by atoms with E-state index >= 15 is 0 Å². The molecule has 0 unspecified atom stereocenters. The van der Waals surface area contributed by atoms with Crippen LogP contribution in [0.4, 0.5) is 11.5 Å². The zero-order valence-corrected chi connectivity index (χ0v) is 11.6. The zero-order chi connectivity index (χ0) is 15.5. The fourth-order valence-electron chi connectivity index (χ4n) is 1.38. The number of aromatic carboxylic acids is 1. The van der Waals surface area contributed by atoms with Crippen LogP contribution in [0.15, 0.2) is 12.3 Å². The quantitative estimate of drug-likeness (QED) is 0.581. The standard InChI is InChI=1S/C10H13N3O6S/c1-12(3-4-20(2,18)19)9-5-7(10(14)15)8(6-11-9)13(16)17/h5-6H,3-4H2,1-2H3,(H,14,15). The highest BCUT2D eigenvalue weighted by Crippen LogP contribution is 2.21. The number of pyridine rings is 1. The lowest BCUT2D eigenvalue weighted by Gasteiger charge is -2.17. The fourth-order valence-corrected chi connectivity index (χ4v) is 1.99. The third kappa shape index (κ3) is 4.16. The van der Waals surface area contributed by atoms with Crippen LogP contribution in [0.3, 0.4) is 0 Å². The second-order valence-corrected chi connectivity index (χ2v) is 6.43. The van der Waals surface area contributed by atoms with Crippen LogP contribution in [-0.4, -0.2) is 55.0 Å². The summed E-state index contributed by atoms with van der Waals surface area (Å²) in [6.45, 7) is 0.0999. The van der Waals surface area contributed by atoms with Gasteiger partial charge in [-0.3, -0.25) is 10.1 Å². The Morgan fingerprint density at radius 1 is 1.55 bits per heavy atom. The van der Waals surface area contributed by atoms with E-state index in [9.17, 15) is 23.3 Å². The molecule has 0 bridgehead atoms. The van der Waals surface area contributed by atoms with Gasteiger partial charge < -0.3 is 10.0 Å². The normalized spacial score (nSPS) is 11.1. The zero-order valence-electron chi connectivity index (χ0n) is 10.8. The Morgan fingerprint density at radius 2 is 2.15 bits per heavy atom. The monoisotopic (exact) mass is 303 g/mol. The molecule has 1 N–H and O–H groups in total. The van der Waals surface area contributed by atoms with Crippen LogP contribution in [0.1, 0.15) is 10.4 Å². The Kier molecular flexibility index (Phi) is 4.61. The van der Waals surface area contributed by atoms with Crippen molar-refractivity contribution in [3.8, 4) is 0 Å². The van der Waals surface area contributed by atoms with E-state index in [1.807, 2.05) is 0 Å². The van der Waals surface area contributed by atoms with Gasteiger partial charge >= 0.3 is 11.7 Å². The molecule has 0 radical (unpaired) electrons. The first-order valence-electron chi connectivity index (χ1n) is 5.38. The van der Waals surface area contributed by atoms with E-state index in [0.717, 1.165) is 18.5 Å². The summed E-state index contributed by atoms with van der Waals surface area (Å²) < 4.78 is 22.1. The Bertz CT molecular complexity index is 642. The molecule has 1 aromatic rings. The number of carbonyl (C=O) groups is 1. The fraction of sp³-hybridized carbons (Fsp3) is 0.400. The van der Waals surface area contributed by atoms with E-state index < -0.39 is 32.0 Å². The number of nitrogens with zero attached hydrogens (tertiary/aromatic N) is 3. The average Bonchev–Trinajstić information content (AvgIpc) is 2.34. The molecule has 10 heteroatoms. The number of anilines is 1. The van der Waals surface area contributed by atoms with Crippen molar-refractivity contribution in [2.45, 2.75) is 0 Å². The minimum Gasteiger partial charge on any atom is -0.477 e. The molecule has 0 aliphatic heterocycles. The van der Waals surface area contributed by atoms with Gasteiger partial charge in [-0.05, 0) is 0 Å². The molecule has 0 amide bonds. The van der Waals surface area contributed by atoms with Crippen LogP contribution in [0.2, 0.25) is 0 Å². The molecule has 110 valence electrons. The first kappa shape index (κ1) is 15.8. The molecular formula is C10H13N3O6S. The summed E-state index contributed by atoms with van der Waals surface area (Å²) in [6.07, 6.45) is 1.92. The molecule has 1 aromatic heterocycles. The number of carboxylic acid groups (broad SMARTS) is 1. The van der Waals surface area contributed by atoms with E-state index in [0.29, 0.717) is 0 Å². The number of nitro groups is 1. The highest BCUT2D eigenvalue weighted by Gasteiger charge is 2.22. The van der Waals surface area contributed by atoms with E-state index in [-0.39, 0.29) is 18.1 Å². The number of sulfone groups is 1. The van der Waals surface area contributed by atoms with Crippen LogP contribution in [0.5, 0.6) is 0 Å². The van der Waals surface area contributed by atoms with Crippen LogP contribution in [0, 0.1) is 10.1 Å². The second-order valence-electron chi connectivity index (χ2n) is 4.17. The molecule has 0 atom stereocenters. The number of hydrogen-bond acceptors (Lipinski definition) is 7. The molecule has 0 aromatic carbocycles. The summed E-state index contributed by atoms with van der Waals surface area (Å²) >= 11 is 0. The Labute approximate surface area is 114 Å². The van der Waals surface area contributed by atoms with Gasteiger partial charge in [-0.1, -0.05) is 0 Å². The molecule has 1 heterocycles. The smallest absolute Gasteiger partial charge is 0.342 e. The molecular weight excluding hydrogens is 290 g/mol. The molecule has 0 aliphatic carbocycles. The van der Waals surface area contributed by atoms with Crippen molar-refractivity contribution >= 4 is 27.3 Å². The van der Waals surface area contributed by atoms with Crippen molar-refractivity contribution in [3.05, 3.63) is 27.9 Å². The molecule has 20 heavy (non-hydrogen) atoms. The predicted octanol–water partition coefficient (Wildman–Crippen LogP) is 0.169. The molecule has 9 nitrogen and oxygen atoms in total. The average molecular weight is 303 g/mol. The maximum Gasteiger partial charge on any atom is 0.342 e. The Hall–Kier alpha value is -2.23. The van der Waals surface area contributed by atoms with Crippen molar-refractivity contribution in [2.24, 2.45) is 0 Å². The lowest BCUT2D eigenvalue weighted by atomic mass is 10.2. The molecule has 0 fully saturated rings. The number of hydrogen-bond donors (Lipinski definition) is 1. The maximum atomic E-state index is 11.1. The van der Waals surface area contributed by atoms with Crippen molar-refractivity contribution in [2.75, 3.05) is 30.5 Å². The van der Waals surface area contributed by atoms with Crippen molar-refractivity contribution in [3.63, 3.8) is 0 Å². The summed E-state index contributed by atoms with van der Waals surface area (Å²) in [5.74, 6) is -1.43. The topological polar surface area (TPSA) is 131 Å². The summed E-state index contributed by atoms with van der Waals surface area (Å²) in [5.41, 5.74) is -1.11. The third-order valence-corrected chi connectivity index (χ3v) is 3.41. The van der Waals surface area contributed by atoms with E-state index in [1.54, 1.807) is 0 Å². The van der Waals surface area contributed by atoms with Crippen LogP contribution >= 0.6 is 0 Å². The lowest BCUT2D eigenvalue weighted by molar-refractivity contribution is -0.385. The Morgan fingerprint density at radius 3 is 2.60 bits per heavy atom. The van der Waals surface area contributed by atoms with E-state index in [4.69, 9.17) is 5.11 Å². The number of carboxylic acids is 1. The van der Waals surface area contributed by atoms with Gasteiger partial charge in [-0.15, -0.1) is 0 Å². The van der Waals surface area contributed by atoms with E-state index in [2.05, 4.69) is 4.98 Å². The first-order valence-corrected chi connectivity index (χ1v) is 7.44. The molecule has 0 aliphatic rings. The molecule has 1 rings (SSSR count). The van der Waals surface area contributed by atoms with Gasteiger partial charge in [0.25, 0.3) is 0 Å². The van der Waals surface area contributed by atoms with Gasteiger partial charge in [0.15, 0.2) is 0 Å². The second kappa shape index (κ2) is 5.82. The highest BCUT2D eigenvalue weighted by molar-refractivity contribution is 7.90. The highest BCUT2D eigenvalue weighted by atomic mass is 32.2. The van der Waals surface area contributed by atoms with Gasteiger partial charge in [-0.25, -0.2) is 18.2 Å². The third-order valence-electron chi connectivity index (χ3n) is 2.48. The minimum absolute atomic E-state index is 0.0999. The van der Waals surface area contributed by atoms with Crippen LogP contribution in [-0.2, 0) is 9.84 Å². The van der Waals surface area contributed by atoms with Gasteiger partial charge in [0.05, 0.1) is 10.7 Å². The summed E-state index contributed by atoms with van der Waals surface area (Å²) in [5, 5.41) is 19.6. The summed E-state index contributed by atoms with van der Waals surface area (Å²) in [6, 6.07) is 1.04. The van der Waals surface area contributed by atoms with Gasteiger partial charge in [0.1, 0.15) is 27.4 Å². The Balaban J connectivity index is 3.06. The maximum absolute atomic E-state index is 11.1. The van der Waals surface area contributed by atoms with Crippen molar-refractivity contribution in [1.82, 2.24) is 4.98 Å². The minimum atomic E-state index is -3.17. The SMILES string of the molecule is CN(CCS(C)(=O)=O)c1cc(C(=O)O)c([N+](=O)[O-])cn1. The van der Waals surface area contributed by atoms with Gasteiger partial charge in [0.2, 0.25) is 0 Å². The molecule has 0 saturated carbocycles. The van der Waals surface area contributed by atoms with Crippen molar-refractivity contribution in [1.29, 1.82) is 0 Å². The number of aromatic nitrogens is 1. The predicted molar refractivity (Wildman–Crippen MR) is 70.8 cm³/mol. The summed E-state index contributed by atoms with van der Waals surface area (Å²) in [4.78, 5) is 26.0. The molecule has 0 saturated heterocycles. The van der Waals surface area contributed by atoms with Crippen molar-refractivity contribution < 1.29 is 23.2 Å². The van der Waals surface area contributed by atoms with Gasteiger partial charge in [0, 0.05) is 25.9 Å². The largest absolute Gasteiger partial charge is 0.477 e. The van der Waals surface area contributed by atoms with Gasteiger partial charge in [-0.2, -0.15) is 0 Å². The molecule has 0 spiro atoms. The first-order chi connectivity index (χ1) is 9.11.